The van der Waals surface area contributed by atoms with Gasteiger partial charge in [0.1, 0.15) is 0 Å². The molecule has 4 aromatic rings. The molecule has 2 nitrogen and oxygen atoms in total. The fraction of sp³-hybridized carbons (Fsp3) is 0.250. The summed E-state index contributed by atoms with van der Waals surface area (Å²) >= 11 is 0. The molecule has 0 saturated heterocycles. The van der Waals surface area contributed by atoms with Crippen LogP contribution in [0.1, 0.15) is 47.1 Å². The Morgan fingerprint density at radius 1 is 0.441 bits per heavy atom. The number of para-hydroxylation sites is 2. The van der Waals surface area contributed by atoms with Crippen molar-refractivity contribution in [3.63, 3.8) is 0 Å². The van der Waals surface area contributed by atoms with Crippen molar-refractivity contribution in [2.75, 3.05) is 9.80 Å². The van der Waals surface area contributed by atoms with Crippen molar-refractivity contribution in [2.45, 2.75) is 52.5 Å². The summed E-state index contributed by atoms with van der Waals surface area (Å²) in [5, 5.41) is 0. The Balaban J connectivity index is 1.87. The maximum Gasteiger partial charge on any atom is 0.0482 e. The minimum Gasteiger partial charge on any atom is -0.336 e. The number of rotatable bonds is 5. The zero-order valence-corrected chi connectivity index (χ0v) is 21.3. The van der Waals surface area contributed by atoms with Crippen LogP contribution in [-0.4, -0.2) is 5.54 Å². The molecule has 0 aliphatic carbocycles. The van der Waals surface area contributed by atoms with Crippen molar-refractivity contribution >= 4 is 28.4 Å². The van der Waals surface area contributed by atoms with Gasteiger partial charge in [-0.05, 0) is 86.3 Å². The summed E-state index contributed by atoms with van der Waals surface area (Å²) in [6.07, 6.45) is 0. The fourth-order valence-corrected chi connectivity index (χ4v) is 4.41. The summed E-state index contributed by atoms with van der Waals surface area (Å²) in [5.74, 6) is 0. The average molecular weight is 449 g/mol. The lowest BCUT2D eigenvalue weighted by molar-refractivity contribution is 0.560. The molecule has 0 heterocycles. The molecule has 0 aliphatic heterocycles. The number of benzene rings is 4. The Kier molecular flexibility index (Phi) is 6.52. The van der Waals surface area contributed by atoms with Crippen LogP contribution < -0.4 is 9.80 Å². The number of anilines is 5. The Morgan fingerprint density at radius 3 is 1.47 bits per heavy atom. The number of hydrogen-bond acceptors (Lipinski definition) is 2. The van der Waals surface area contributed by atoms with Gasteiger partial charge in [-0.15, -0.1) is 0 Å². The van der Waals surface area contributed by atoms with Crippen LogP contribution in [0.3, 0.4) is 0 Å². The van der Waals surface area contributed by atoms with Gasteiger partial charge in [0.15, 0.2) is 0 Å². The van der Waals surface area contributed by atoms with Crippen LogP contribution >= 0.6 is 0 Å². The van der Waals surface area contributed by atoms with E-state index < -0.39 is 0 Å². The molecule has 2 heteroatoms. The molecule has 34 heavy (non-hydrogen) atoms. The van der Waals surface area contributed by atoms with E-state index in [-0.39, 0.29) is 11.0 Å². The first-order valence-corrected chi connectivity index (χ1v) is 12.1. The molecule has 4 rings (SSSR count). The average Bonchev–Trinajstić information content (AvgIpc) is 2.80. The lowest BCUT2D eigenvalue weighted by Gasteiger charge is -2.38. The highest BCUT2D eigenvalue weighted by Crippen LogP contribution is 2.40. The van der Waals surface area contributed by atoms with Gasteiger partial charge in [-0.2, -0.15) is 0 Å². The predicted molar refractivity (Wildman–Crippen MR) is 148 cm³/mol. The lowest BCUT2D eigenvalue weighted by atomic mass is 9.87. The lowest BCUT2D eigenvalue weighted by Crippen LogP contribution is -2.37. The van der Waals surface area contributed by atoms with E-state index in [0.717, 1.165) is 17.1 Å². The van der Waals surface area contributed by atoms with E-state index in [1.165, 1.54) is 16.9 Å². The first kappa shape index (κ1) is 23.6. The molecule has 174 valence electrons. The molecule has 0 radical (unpaired) electrons. The van der Waals surface area contributed by atoms with Gasteiger partial charge in [0.2, 0.25) is 0 Å². The van der Waals surface area contributed by atoms with Gasteiger partial charge < -0.3 is 9.80 Å². The van der Waals surface area contributed by atoms with Crippen molar-refractivity contribution in [1.82, 2.24) is 0 Å². The zero-order chi connectivity index (χ0) is 24.3. The Labute approximate surface area is 205 Å². The Hall–Kier alpha value is -3.52. The molecule has 0 amide bonds. The van der Waals surface area contributed by atoms with E-state index in [1.54, 1.807) is 0 Å². The van der Waals surface area contributed by atoms with Gasteiger partial charge in [0, 0.05) is 34.0 Å². The predicted octanol–water partition coefficient (Wildman–Crippen LogP) is 9.39. The van der Waals surface area contributed by atoms with Crippen LogP contribution in [0.2, 0.25) is 0 Å². The second kappa shape index (κ2) is 9.38. The van der Waals surface area contributed by atoms with Crippen LogP contribution in [0.25, 0.3) is 0 Å². The van der Waals surface area contributed by atoms with E-state index in [0.29, 0.717) is 0 Å². The minimum atomic E-state index is -0.0797. The molecule has 0 fully saturated rings. The zero-order valence-electron chi connectivity index (χ0n) is 21.3. The third kappa shape index (κ3) is 5.17. The van der Waals surface area contributed by atoms with E-state index in [1.807, 2.05) is 0 Å². The van der Waals surface area contributed by atoms with Crippen molar-refractivity contribution in [1.29, 1.82) is 0 Å². The molecule has 4 aromatic carbocycles. The summed E-state index contributed by atoms with van der Waals surface area (Å²) in [5.41, 5.74) is 7.13. The maximum atomic E-state index is 2.41. The standard InChI is InChI=1S/C32H36N2/c1-31(2,3)25-15-13-20-28(23-25)33(26-16-9-7-10-17-26)29-21-14-22-30(24-29)34(32(4,5)6)27-18-11-8-12-19-27/h7-24H,1-6H3. The quantitative estimate of drug-likeness (QED) is 0.300. The van der Waals surface area contributed by atoms with Crippen LogP contribution in [0.5, 0.6) is 0 Å². The Bertz CT molecular complexity index is 1220. The smallest absolute Gasteiger partial charge is 0.0482 e. The molecule has 0 aliphatic rings. The number of nitrogens with zero attached hydrogens (tertiary/aromatic N) is 2. The van der Waals surface area contributed by atoms with Crippen molar-refractivity contribution < 1.29 is 0 Å². The number of hydrogen-bond donors (Lipinski definition) is 0. The van der Waals surface area contributed by atoms with E-state index in [4.69, 9.17) is 0 Å². The molecule has 0 aromatic heterocycles. The normalized spacial score (nSPS) is 11.8. The minimum absolute atomic E-state index is 0.0797. The van der Waals surface area contributed by atoms with Crippen molar-refractivity contribution in [3.8, 4) is 0 Å². The highest BCUT2D eigenvalue weighted by atomic mass is 15.2. The summed E-state index contributed by atoms with van der Waals surface area (Å²) < 4.78 is 0. The van der Waals surface area contributed by atoms with Crippen molar-refractivity contribution in [3.05, 3.63) is 115 Å². The van der Waals surface area contributed by atoms with Gasteiger partial charge in [0.25, 0.3) is 0 Å². The molecule has 0 unspecified atom stereocenters. The maximum absolute atomic E-state index is 2.41. The molecule has 0 atom stereocenters. The summed E-state index contributed by atoms with van der Waals surface area (Å²) in [4.78, 5) is 4.76. The third-order valence-electron chi connectivity index (χ3n) is 6.02. The van der Waals surface area contributed by atoms with Gasteiger partial charge >= 0.3 is 0 Å². The van der Waals surface area contributed by atoms with Crippen LogP contribution in [0, 0.1) is 0 Å². The third-order valence-corrected chi connectivity index (χ3v) is 6.02. The molecular weight excluding hydrogens is 412 g/mol. The molecule has 0 N–H and O–H groups in total. The highest BCUT2D eigenvalue weighted by molar-refractivity contribution is 5.80. The molecule has 0 spiro atoms. The fourth-order valence-electron chi connectivity index (χ4n) is 4.41. The highest BCUT2D eigenvalue weighted by Gasteiger charge is 2.25. The summed E-state index contributed by atoms with van der Waals surface area (Å²) in [6, 6.07) is 39.0. The monoisotopic (exact) mass is 448 g/mol. The first-order valence-electron chi connectivity index (χ1n) is 12.1. The molecule has 0 bridgehead atoms. The largest absolute Gasteiger partial charge is 0.336 e. The first-order chi connectivity index (χ1) is 16.1. The second-order valence-corrected chi connectivity index (χ2v) is 10.8. The Morgan fingerprint density at radius 2 is 0.912 bits per heavy atom. The van der Waals surface area contributed by atoms with E-state index >= 15 is 0 Å². The van der Waals surface area contributed by atoms with Gasteiger partial charge in [-0.3, -0.25) is 0 Å². The van der Waals surface area contributed by atoms with E-state index in [2.05, 4.69) is 161 Å². The topological polar surface area (TPSA) is 6.48 Å². The molecular formula is C32H36N2. The van der Waals surface area contributed by atoms with Crippen molar-refractivity contribution in [2.24, 2.45) is 0 Å². The summed E-state index contributed by atoms with van der Waals surface area (Å²) in [7, 11) is 0. The van der Waals surface area contributed by atoms with Crippen LogP contribution in [0.4, 0.5) is 28.4 Å². The summed E-state index contributed by atoms with van der Waals surface area (Å²) in [6.45, 7) is 13.6. The van der Waals surface area contributed by atoms with E-state index in [9.17, 15) is 0 Å². The SMILES string of the molecule is CC(C)(C)c1cccc(N(c2ccccc2)c2cccc(N(c3ccccc3)C(C)(C)C)c2)c1. The molecule has 0 saturated carbocycles. The van der Waals surface area contributed by atoms with Gasteiger partial charge in [-0.25, -0.2) is 0 Å². The van der Waals surface area contributed by atoms with Gasteiger partial charge in [0.05, 0.1) is 0 Å². The van der Waals surface area contributed by atoms with Gasteiger partial charge in [-0.1, -0.05) is 75.4 Å². The van der Waals surface area contributed by atoms with Crippen LogP contribution in [-0.2, 0) is 5.41 Å². The second-order valence-electron chi connectivity index (χ2n) is 10.8. The van der Waals surface area contributed by atoms with Crippen LogP contribution in [0.15, 0.2) is 109 Å².